The lowest BCUT2D eigenvalue weighted by atomic mass is 9.85. The Morgan fingerprint density at radius 2 is 2.06 bits per heavy atom. The van der Waals surface area contributed by atoms with Crippen LogP contribution in [0.2, 0.25) is 0 Å². The number of carbonyl (C=O) groups excluding carboxylic acids is 2. The second-order valence-electron chi connectivity index (χ2n) is 5.06. The van der Waals surface area contributed by atoms with Gasteiger partial charge in [0.25, 0.3) is 5.91 Å². The Labute approximate surface area is 106 Å². The normalized spacial score (nSPS) is 22.9. The first-order valence-corrected chi connectivity index (χ1v) is 6.45. The van der Waals surface area contributed by atoms with Crippen molar-refractivity contribution in [1.29, 1.82) is 0 Å². The maximum absolute atomic E-state index is 11.8. The summed E-state index contributed by atoms with van der Waals surface area (Å²) in [4.78, 5) is 22.7. The van der Waals surface area contributed by atoms with Gasteiger partial charge in [-0.3, -0.25) is 9.59 Å². The van der Waals surface area contributed by atoms with E-state index in [2.05, 4.69) is 15.8 Å². The Bertz CT molecular complexity index is 373. The molecule has 100 valence electrons. The molecule has 6 nitrogen and oxygen atoms in total. The smallest absolute Gasteiger partial charge is 0.267 e. The number of aliphatic hydroxyl groups is 1. The van der Waals surface area contributed by atoms with Crippen molar-refractivity contribution in [2.45, 2.75) is 50.5 Å². The minimum atomic E-state index is -0.771. The van der Waals surface area contributed by atoms with Gasteiger partial charge in [-0.1, -0.05) is 19.3 Å². The van der Waals surface area contributed by atoms with E-state index < -0.39 is 5.60 Å². The Morgan fingerprint density at radius 1 is 1.33 bits per heavy atom. The molecule has 0 aromatic rings. The Balaban J connectivity index is 1.82. The number of nitrogens with one attached hydrogen (secondary N) is 2. The van der Waals surface area contributed by atoms with Gasteiger partial charge in [0, 0.05) is 19.4 Å². The van der Waals surface area contributed by atoms with Crippen LogP contribution in [0.5, 0.6) is 0 Å². The number of amides is 2. The molecule has 0 radical (unpaired) electrons. The Morgan fingerprint density at radius 3 is 2.67 bits per heavy atom. The van der Waals surface area contributed by atoms with Crippen LogP contribution in [-0.2, 0) is 9.59 Å². The van der Waals surface area contributed by atoms with Crippen molar-refractivity contribution in [2.75, 3.05) is 6.54 Å². The van der Waals surface area contributed by atoms with E-state index in [1.165, 1.54) is 0 Å². The molecule has 3 N–H and O–H groups in total. The van der Waals surface area contributed by atoms with Gasteiger partial charge in [-0.25, -0.2) is 5.43 Å². The average molecular weight is 253 g/mol. The van der Waals surface area contributed by atoms with Crippen LogP contribution in [0.1, 0.15) is 44.9 Å². The van der Waals surface area contributed by atoms with Gasteiger partial charge in [0.2, 0.25) is 5.91 Å². The van der Waals surface area contributed by atoms with Crippen LogP contribution >= 0.6 is 0 Å². The van der Waals surface area contributed by atoms with Crippen LogP contribution in [-0.4, -0.2) is 34.8 Å². The van der Waals surface area contributed by atoms with Gasteiger partial charge in [0.15, 0.2) is 0 Å². The fraction of sp³-hybridized carbons (Fsp3) is 0.750. The maximum Gasteiger partial charge on any atom is 0.267 e. The average Bonchev–Trinajstić information content (AvgIpc) is 2.38. The van der Waals surface area contributed by atoms with Crippen LogP contribution in [0.3, 0.4) is 0 Å². The quantitative estimate of drug-likeness (QED) is 0.664. The van der Waals surface area contributed by atoms with Crippen molar-refractivity contribution in [1.82, 2.24) is 10.7 Å². The van der Waals surface area contributed by atoms with Gasteiger partial charge in [-0.15, -0.1) is 0 Å². The fourth-order valence-corrected chi connectivity index (χ4v) is 2.37. The maximum atomic E-state index is 11.8. The zero-order valence-electron chi connectivity index (χ0n) is 10.4. The summed E-state index contributed by atoms with van der Waals surface area (Å²) in [6.07, 6.45) is 5.27. The topological polar surface area (TPSA) is 90.8 Å². The van der Waals surface area contributed by atoms with Gasteiger partial charge in [-0.2, -0.15) is 5.10 Å². The minimum Gasteiger partial charge on any atom is -0.388 e. The molecule has 2 aliphatic rings. The first-order valence-electron chi connectivity index (χ1n) is 6.45. The lowest BCUT2D eigenvalue weighted by molar-refractivity contribution is -0.121. The zero-order valence-corrected chi connectivity index (χ0v) is 10.4. The number of nitrogens with zero attached hydrogens (tertiary/aromatic N) is 1. The molecular formula is C12H19N3O3. The first kappa shape index (κ1) is 13.0. The second-order valence-corrected chi connectivity index (χ2v) is 5.06. The first-order chi connectivity index (χ1) is 8.59. The molecule has 0 bridgehead atoms. The van der Waals surface area contributed by atoms with Crippen molar-refractivity contribution < 1.29 is 14.7 Å². The molecule has 0 spiro atoms. The second kappa shape index (κ2) is 5.48. The van der Waals surface area contributed by atoms with E-state index in [1.54, 1.807) is 0 Å². The van der Waals surface area contributed by atoms with Crippen molar-refractivity contribution >= 4 is 17.5 Å². The summed E-state index contributed by atoms with van der Waals surface area (Å²) in [5.74, 6) is -0.466. The third-order valence-electron chi connectivity index (χ3n) is 3.53. The van der Waals surface area contributed by atoms with Crippen molar-refractivity contribution in [3.8, 4) is 0 Å². The van der Waals surface area contributed by atoms with Crippen LogP contribution < -0.4 is 10.7 Å². The molecule has 2 rings (SSSR count). The molecule has 1 fully saturated rings. The van der Waals surface area contributed by atoms with Crippen LogP contribution in [0.15, 0.2) is 5.10 Å². The SMILES string of the molecule is O=C1CCC(C(=O)NCC2(O)CCCCC2)=NN1. The molecule has 1 aliphatic heterocycles. The van der Waals surface area contributed by atoms with Crippen LogP contribution in [0.25, 0.3) is 0 Å². The van der Waals surface area contributed by atoms with Gasteiger partial charge < -0.3 is 10.4 Å². The Hall–Kier alpha value is -1.43. The van der Waals surface area contributed by atoms with Gasteiger partial charge in [-0.05, 0) is 12.8 Å². The molecule has 1 saturated carbocycles. The van der Waals surface area contributed by atoms with Crippen molar-refractivity contribution in [3.63, 3.8) is 0 Å². The molecule has 6 heteroatoms. The number of hydrazone groups is 1. The molecule has 0 unspecified atom stereocenters. The number of rotatable bonds is 3. The summed E-state index contributed by atoms with van der Waals surface area (Å²) in [5, 5.41) is 16.7. The van der Waals surface area contributed by atoms with E-state index in [9.17, 15) is 14.7 Å². The van der Waals surface area contributed by atoms with Crippen LogP contribution in [0, 0.1) is 0 Å². The summed E-state index contributed by atoms with van der Waals surface area (Å²) in [6, 6.07) is 0. The Kier molecular flexibility index (Phi) is 3.96. The third kappa shape index (κ3) is 3.29. The lowest BCUT2D eigenvalue weighted by Crippen LogP contribution is -2.47. The molecule has 2 amide bonds. The molecule has 1 aliphatic carbocycles. The zero-order chi connectivity index (χ0) is 13.0. The molecule has 0 aromatic heterocycles. The summed E-state index contributed by atoms with van der Waals surface area (Å²) in [5.41, 5.74) is 1.84. The summed E-state index contributed by atoms with van der Waals surface area (Å²) in [7, 11) is 0. The highest BCUT2D eigenvalue weighted by molar-refractivity contribution is 6.39. The highest BCUT2D eigenvalue weighted by Crippen LogP contribution is 2.27. The van der Waals surface area contributed by atoms with E-state index in [0.717, 1.165) is 32.1 Å². The highest BCUT2D eigenvalue weighted by atomic mass is 16.3. The predicted molar refractivity (Wildman–Crippen MR) is 65.9 cm³/mol. The van der Waals surface area contributed by atoms with E-state index in [-0.39, 0.29) is 24.8 Å². The minimum absolute atomic E-state index is 0.169. The molecule has 0 saturated heterocycles. The van der Waals surface area contributed by atoms with Gasteiger partial charge in [0.05, 0.1) is 5.60 Å². The summed E-state index contributed by atoms with van der Waals surface area (Å²) < 4.78 is 0. The highest BCUT2D eigenvalue weighted by Gasteiger charge is 2.30. The lowest BCUT2D eigenvalue weighted by Gasteiger charge is -2.32. The summed E-state index contributed by atoms with van der Waals surface area (Å²) in [6.45, 7) is 0.263. The summed E-state index contributed by atoms with van der Waals surface area (Å²) >= 11 is 0. The van der Waals surface area contributed by atoms with E-state index in [1.807, 2.05) is 0 Å². The largest absolute Gasteiger partial charge is 0.388 e. The van der Waals surface area contributed by atoms with E-state index >= 15 is 0 Å². The molecule has 0 aromatic carbocycles. The predicted octanol–water partition coefficient (Wildman–Crippen LogP) is 0.0638. The number of hydrogen-bond donors (Lipinski definition) is 3. The van der Waals surface area contributed by atoms with Crippen molar-refractivity contribution in [2.24, 2.45) is 5.10 Å². The van der Waals surface area contributed by atoms with E-state index in [0.29, 0.717) is 12.1 Å². The number of carbonyl (C=O) groups is 2. The van der Waals surface area contributed by atoms with Crippen LogP contribution in [0.4, 0.5) is 0 Å². The van der Waals surface area contributed by atoms with E-state index in [4.69, 9.17) is 0 Å². The monoisotopic (exact) mass is 253 g/mol. The molecule has 1 heterocycles. The molecule has 0 atom stereocenters. The standard InChI is InChI=1S/C12H19N3O3/c16-10-5-4-9(14-15-10)11(17)13-8-12(18)6-2-1-3-7-12/h18H,1-8H2,(H,13,17)(H,15,16). The van der Waals surface area contributed by atoms with Gasteiger partial charge in [0.1, 0.15) is 5.71 Å². The van der Waals surface area contributed by atoms with Crippen molar-refractivity contribution in [3.05, 3.63) is 0 Å². The van der Waals surface area contributed by atoms with Gasteiger partial charge >= 0.3 is 0 Å². The molecular weight excluding hydrogens is 234 g/mol. The fourth-order valence-electron chi connectivity index (χ4n) is 2.37. The number of hydrogen-bond acceptors (Lipinski definition) is 4. The molecule has 18 heavy (non-hydrogen) atoms. The third-order valence-corrected chi connectivity index (χ3v) is 3.53.